The second-order valence-electron chi connectivity index (χ2n) is 10.5. The maximum atomic E-state index is 11.1. The number of aliphatic hydroxyl groups is 4. The monoisotopic (exact) mass is 474 g/mol. The summed E-state index contributed by atoms with van der Waals surface area (Å²) in [6.45, 7) is 9.61. The highest BCUT2D eigenvalue weighted by atomic mass is 16.8. The molecule has 4 N–H and O–H groups in total. The average molecular weight is 475 g/mol. The zero-order valence-corrected chi connectivity index (χ0v) is 20.4. The number of aryl methyl sites for hydroxylation is 1. The van der Waals surface area contributed by atoms with Gasteiger partial charge in [-0.1, -0.05) is 17.7 Å². The third-order valence-corrected chi connectivity index (χ3v) is 7.56. The van der Waals surface area contributed by atoms with Crippen molar-refractivity contribution >= 4 is 0 Å². The number of aliphatic hydroxyl groups excluding tert-OH is 3. The van der Waals surface area contributed by atoms with Crippen LogP contribution in [0.2, 0.25) is 0 Å². The lowest BCUT2D eigenvalue weighted by atomic mass is 9.68. The molecule has 1 saturated heterocycles. The first kappa shape index (κ1) is 25.2. The minimum Gasteiger partial charge on any atom is -0.487 e. The summed E-state index contributed by atoms with van der Waals surface area (Å²) < 4.78 is 18.0. The van der Waals surface area contributed by atoms with Gasteiger partial charge in [0.1, 0.15) is 17.1 Å². The Hall–Kier alpha value is -1.90. The van der Waals surface area contributed by atoms with Crippen LogP contribution in [0.3, 0.4) is 0 Å². The predicted octanol–water partition coefficient (Wildman–Crippen LogP) is 3.19. The van der Waals surface area contributed by atoms with Crippen LogP contribution in [-0.2, 0) is 11.2 Å². The molecule has 2 aliphatic heterocycles. The van der Waals surface area contributed by atoms with Gasteiger partial charge < -0.3 is 34.6 Å². The van der Waals surface area contributed by atoms with E-state index >= 15 is 0 Å². The standard InChI is InChI=1S/C27H38O7/c1-5-6-7-8-17-12-21-23(19-11-16(2)9-10-20(19)26(3,4)33-21)22(13-17)34-27(31)25(30)24(29)18(14-28)15-32-27/h5,11-13,18-20,24-25,28-31H,1,6-10,14-15H2,2-4H3/t18?,19-,20-,24?,25?,27?/m1/s1. The van der Waals surface area contributed by atoms with Crippen molar-refractivity contribution in [2.75, 3.05) is 13.2 Å². The Morgan fingerprint density at radius 1 is 1.26 bits per heavy atom. The normalized spacial score (nSPS) is 34.3. The lowest BCUT2D eigenvalue weighted by Crippen LogP contribution is -2.62. The Bertz CT molecular complexity index is 939. The minimum absolute atomic E-state index is 0.0178. The first-order chi connectivity index (χ1) is 16.1. The van der Waals surface area contributed by atoms with E-state index in [1.54, 1.807) is 0 Å². The fourth-order valence-electron chi connectivity index (χ4n) is 5.53. The largest absolute Gasteiger partial charge is 0.487 e. The SMILES string of the molecule is C=CCCCc1cc(OC2(O)OCC(CO)C(O)C2O)c2c(c1)OC(C)(C)[C@@H]1CCC(C)=C[C@@H]21. The summed E-state index contributed by atoms with van der Waals surface area (Å²) in [5.74, 6) is -1.85. The number of allylic oxidation sites excluding steroid dienone is 3. The molecule has 1 aromatic rings. The van der Waals surface area contributed by atoms with Crippen molar-refractivity contribution < 1.29 is 34.6 Å². The fourth-order valence-corrected chi connectivity index (χ4v) is 5.53. The molecule has 0 spiro atoms. The second kappa shape index (κ2) is 9.63. The molecule has 4 unspecified atom stereocenters. The van der Waals surface area contributed by atoms with E-state index in [0.29, 0.717) is 11.5 Å². The average Bonchev–Trinajstić information content (AvgIpc) is 2.77. The third kappa shape index (κ3) is 4.64. The first-order valence-electron chi connectivity index (χ1n) is 12.3. The van der Waals surface area contributed by atoms with Crippen LogP contribution in [0.25, 0.3) is 0 Å². The van der Waals surface area contributed by atoms with Gasteiger partial charge in [-0.25, -0.2) is 0 Å². The molecule has 0 amide bonds. The number of unbranched alkanes of at least 4 members (excludes halogenated alkanes) is 1. The Labute approximate surface area is 201 Å². The van der Waals surface area contributed by atoms with E-state index in [1.807, 2.05) is 18.2 Å². The van der Waals surface area contributed by atoms with Crippen molar-refractivity contribution in [3.63, 3.8) is 0 Å². The summed E-state index contributed by atoms with van der Waals surface area (Å²) in [6, 6.07) is 3.91. The highest BCUT2D eigenvalue weighted by Gasteiger charge is 2.53. The van der Waals surface area contributed by atoms with E-state index < -0.39 is 24.1 Å². The molecule has 4 rings (SSSR count). The maximum absolute atomic E-state index is 11.1. The van der Waals surface area contributed by atoms with E-state index in [4.69, 9.17) is 14.2 Å². The lowest BCUT2D eigenvalue weighted by Gasteiger charge is -2.47. The van der Waals surface area contributed by atoms with Crippen molar-refractivity contribution in [2.24, 2.45) is 11.8 Å². The molecule has 3 aliphatic rings. The summed E-state index contributed by atoms with van der Waals surface area (Å²) in [6.07, 6.45) is 5.49. The molecule has 0 bridgehead atoms. The molecule has 2 heterocycles. The number of fused-ring (bicyclic) bond motifs is 3. The number of hydrogen-bond acceptors (Lipinski definition) is 7. The molecule has 7 nitrogen and oxygen atoms in total. The van der Waals surface area contributed by atoms with Gasteiger partial charge in [-0.2, -0.15) is 0 Å². The van der Waals surface area contributed by atoms with Gasteiger partial charge >= 0.3 is 5.97 Å². The van der Waals surface area contributed by atoms with Gasteiger partial charge in [0.05, 0.1) is 19.3 Å². The molecule has 0 radical (unpaired) electrons. The molecule has 188 valence electrons. The Morgan fingerprint density at radius 2 is 2.03 bits per heavy atom. The molecule has 1 aromatic carbocycles. The molecule has 34 heavy (non-hydrogen) atoms. The summed E-state index contributed by atoms with van der Waals surface area (Å²) >= 11 is 0. The highest BCUT2D eigenvalue weighted by Crippen LogP contribution is 2.54. The van der Waals surface area contributed by atoms with E-state index in [1.165, 1.54) is 5.57 Å². The van der Waals surface area contributed by atoms with Crippen molar-refractivity contribution in [1.82, 2.24) is 0 Å². The van der Waals surface area contributed by atoms with Gasteiger partial charge in [-0.15, -0.1) is 6.58 Å². The molecular formula is C27H38O7. The van der Waals surface area contributed by atoms with E-state index in [-0.39, 0.29) is 30.7 Å². The molecule has 0 saturated carbocycles. The molecular weight excluding hydrogens is 436 g/mol. The van der Waals surface area contributed by atoms with Crippen molar-refractivity contribution in [3.8, 4) is 11.5 Å². The van der Waals surface area contributed by atoms with Crippen LogP contribution in [0.15, 0.2) is 36.4 Å². The van der Waals surface area contributed by atoms with Gasteiger partial charge in [0, 0.05) is 23.3 Å². The number of ether oxygens (including phenoxy) is 3. The Balaban J connectivity index is 1.77. The van der Waals surface area contributed by atoms with Gasteiger partial charge in [-0.3, -0.25) is 0 Å². The van der Waals surface area contributed by atoms with Crippen molar-refractivity contribution in [1.29, 1.82) is 0 Å². The first-order valence-corrected chi connectivity index (χ1v) is 12.3. The third-order valence-electron chi connectivity index (χ3n) is 7.56. The number of benzene rings is 1. The second-order valence-corrected chi connectivity index (χ2v) is 10.5. The van der Waals surface area contributed by atoms with Crippen LogP contribution < -0.4 is 9.47 Å². The molecule has 6 atom stereocenters. The van der Waals surface area contributed by atoms with Gasteiger partial charge in [0.25, 0.3) is 0 Å². The fraction of sp³-hybridized carbons (Fsp3) is 0.630. The van der Waals surface area contributed by atoms with Crippen molar-refractivity contribution in [3.05, 3.63) is 47.6 Å². The van der Waals surface area contributed by atoms with Crippen LogP contribution in [0.1, 0.15) is 63.5 Å². The van der Waals surface area contributed by atoms with E-state index in [0.717, 1.165) is 43.2 Å². The lowest BCUT2D eigenvalue weighted by molar-refractivity contribution is -0.399. The van der Waals surface area contributed by atoms with Crippen LogP contribution in [-0.4, -0.2) is 57.4 Å². The van der Waals surface area contributed by atoms with E-state index in [2.05, 4.69) is 33.4 Å². The molecule has 0 aromatic heterocycles. The van der Waals surface area contributed by atoms with Gasteiger partial charge in [0.2, 0.25) is 0 Å². The summed E-state index contributed by atoms with van der Waals surface area (Å²) in [7, 11) is 0. The van der Waals surface area contributed by atoms with Crippen LogP contribution in [0.5, 0.6) is 11.5 Å². The zero-order valence-electron chi connectivity index (χ0n) is 20.4. The molecule has 1 fully saturated rings. The number of hydrogen-bond donors (Lipinski definition) is 4. The quantitative estimate of drug-likeness (QED) is 0.273. The van der Waals surface area contributed by atoms with Gasteiger partial charge in [-0.05, 0) is 70.6 Å². The Kier molecular flexibility index (Phi) is 7.14. The van der Waals surface area contributed by atoms with Crippen LogP contribution in [0, 0.1) is 11.8 Å². The topological polar surface area (TPSA) is 109 Å². The number of rotatable bonds is 7. The molecule has 7 heteroatoms. The summed E-state index contributed by atoms with van der Waals surface area (Å²) in [5.41, 5.74) is 2.71. The Morgan fingerprint density at radius 3 is 2.74 bits per heavy atom. The van der Waals surface area contributed by atoms with Crippen LogP contribution in [0.4, 0.5) is 0 Å². The highest BCUT2D eigenvalue weighted by molar-refractivity contribution is 5.54. The molecule has 1 aliphatic carbocycles. The zero-order chi connectivity index (χ0) is 24.7. The minimum atomic E-state index is -2.45. The van der Waals surface area contributed by atoms with Gasteiger partial charge in [0.15, 0.2) is 6.10 Å². The van der Waals surface area contributed by atoms with Crippen LogP contribution >= 0.6 is 0 Å². The summed E-state index contributed by atoms with van der Waals surface area (Å²) in [5, 5.41) is 41.6. The van der Waals surface area contributed by atoms with E-state index in [9.17, 15) is 20.4 Å². The van der Waals surface area contributed by atoms with Crippen molar-refractivity contribution in [2.45, 2.75) is 82.6 Å². The summed E-state index contributed by atoms with van der Waals surface area (Å²) in [4.78, 5) is 0. The maximum Gasteiger partial charge on any atom is 0.354 e. The predicted molar refractivity (Wildman–Crippen MR) is 128 cm³/mol. The smallest absolute Gasteiger partial charge is 0.354 e.